The summed E-state index contributed by atoms with van der Waals surface area (Å²) in [6, 6.07) is 9.70. The standard InChI is InChI=1S/C21H25N9O2S/c1-14-7-6-10-28(13-14)19-22-17-16(18(31)23-20(32)27(17)2)29(19)11-12-33-21-24-25-26-30(21)15-8-4-3-5-9-15/h3-5,8-9,14H,6-7,10-13H2,1-2H3,(H,23,31,32)/t14-/m1/s1. The van der Waals surface area contributed by atoms with Gasteiger partial charge in [0.2, 0.25) is 11.1 Å². The Morgan fingerprint density at radius 3 is 2.82 bits per heavy atom. The summed E-state index contributed by atoms with van der Waals surface area (Å²) in [5.41, 5.74) is 0.806. The third-order valence-electron chi connectivity index (χ3n) is 5.91. The quantitative estimate of drug-likeness (QED) is 0.423. The zero-order chi connectivity index (χ0) is 22.9. The highest BCUT2D eigenvalue weighted by molar-refractivity contribution is 7.99. The lowest BCUT2D eigenvalue weighted by Crippen LogP contribution is -2.36. The number of thioether (sulfide) groups is 1. The molecule has 12 heteroatoms. The topological polar surface area (TPSA) is 120 Å². The highest BCUT2D eigenvalue weighted by Crippen LogP contribution is 2.26. The van der Waals surface area contributed by atoms with E-state index in [0.29, 0.717) is 34.5 Å². The van der Waals surface area contributed by atoms with Crippen molar-refractivity contribution >= 4 is 28.9 Å². The van der Waals surface area contributed by atoms with Crippen molar-refractivity contribution in [2.45, 2.75) is 31.5 Å². The fraction of sp³-hybridized carbons (Fsp3) is 0.429. The van der Waals surface area contributed by atoms with Crippen LogP contribution in [0.3, 0.4) is 0 Å². The zero-order valence-corrected chi connectivity index (χ0v) is 19.3. The largest absolute Gasteiger partial charge is 0.342 e. The van der Waals surface area contributed by atoms with Crippen LogP contribution in [0.2, 0.25) is 0 Å². The molecule has 4 aromatic rings. The molecule has 0 bridgehead atoms. The smallest absolute Gasteiger partial charge is 0.329 e. The Balaban J connectivity index is 1.47. The number of fused-ring (bicyclic) bond motifs is 1. The number of piperidine rings is 1. The third kappa shape index (κ3) is 4.06. The molecular formula is C21H25N9O2S. The molecule has 1 aliphatic rings. The lowest BCUT2D eigenvalue weighted by molar-refractivity contribution is 0.438. The van der Waals surface area contributed by atoms with Crippen LogP contribution in [0.4, 0.5) is 5.95 Å². The van der Waals surface area contributed by atoms with E-state index in [1.165, 1.54) is 22.7 Å². The highest BCUT2D eigenvalue weighted by Gasteiger charge is 2.25. The number of hydrogen-bond acceptors (Lipinski definition) is 8. The molecule has 0 radical (unpaired) electrons. The van der Waals surface area contributed by atoms with Crippen LogP contribution in [0.5, 0.6) is 0 Å². The molecule has 1 atom stereocenters. The molecule has 11 nitrogen and oxygen atoms in total. The monoisotopic (exact) mass is 467 g/mol. The zero-order valence-electron chi connectivity index (χ0n) is 18.5. The van der Waals surface area contributed by atoms with E-state index in [0.717, 1.165) is 31.1 Å². The molecule has 0 spiro atoms. The van der Waals surface area contributed by atoms with Crippen molar-refractivity contribution in [1.29, 1.82) is 0 Å². The average Bonchev–Trinajstić information content (AvgIpc) is 3.44. The molecule has 1 aromatic carbocycles. The molecule has 5 rings (SSSR count). The Morgan fingerprint density at radius 2 is 2.03 bits per heavy atom. The first-order valence-corrected chi connectivity index (χ1v) is 11.9. The number of imidazole rings is 1. The maximum absolute atomic E-state index is 12.8. The van der Waals surface area contributed by atoms with Crippen molar-refractivity contribution in [3.8, 4) is 5.69 Å². The number of nitrogens with one attached hydrogen (secondary N) is 1. The number of benzene rings is 1. The SMILES string of the molecule is C[C@@H]1CCCN(c2nc3c(c(=O)[nH]c(=O)n3C)n2CCSc2nnnn2-c2ccccc2)C1. The van der Waals surface area contributed by atoms with Gasteiger partial charge in [-0.05, 0) is 41.3 Å². The molecule has 33 heavy (non-hydrogen) atoms. The number of para-hydroxylation sites is 1. The molecule has 0 saturated carbocycles. The molecule has 0 unspecified atom stereocenters. The number of aromatic nitrogens is 8. The Bertz CT molecular complexity index is 1390. The number of tetrazole rings is 1. The number of aromatic amines is 1. The summed E-state index contributed by atoms with van der Waals surface area (Å²) in [6.45, 7) is 4.48. The lowest BCUT2D eigenvalue weighted by Gasteiger charge is -2.32. The minimum absolute atomic E-state index is 0.399. The second-order valence-electron chi connectivity index (χ2n) is 8.30. The number of hydrogen-bond donors (Lipinski definition) is 1. The van der Waals surface area contributed by atoms with Crippen molar-refractivity contribution in [2.75, 3.05) is 23.7 Å². The first kappa shape index (κ1) is 21.4. The maximum atomic E-state index is 12.8. The van der Waals surface area contributed by atoms with Gasteiger partial charge in [-0.2, -0.15) is 9.67 Å². The first-order chi connectivity index (χ1) is 16.0. The second kappa shape index (κ2) is 8.85. The molecule has 1 fully saturated rings. The molecular weight excluding hydrogens is 442 g/mol. The molecule has 3 aromatic heterocycles. The van der Waals surface area contributed by atoms with Gasteiger partial charge in [0.25, 0.3) is 5.56 Å². The lowest BCUT2D eigenvalue weighted by atomic mass is 10.0. The van der Waals surface area contributed by atoms with Gasteiger partial charge < -0.3 is 9.47 Å². The predicted octanol–water partition coefficient (Wildman–Crippen LogP) is 1.43. The van der Waals surface area contributed by atoms with Crippen LogP contribution in [0.25, 0.3) is 16.9 Å². The number of H-pyrrole nitrogens is 1. The first-order valence-electron chi connectivity index (χ1n) is 10.9. The molecule has 172 valence electrons. The van der Waals surface area contributed by atoms with Gasteiger partial charge >= 0.3 is 5.69 Å². The molecule has 0 aliphatic carbocycles. The van der Waals surface area contributed by atoms with Crippen molar-refractivity contribution in [1.82, 2.24) is 39.3 Å². The molecule has 1 aliphatic heterocycles. The van der Waals surface area contributed by atoms with Crippen LogP contribution in [-0.4, -0.2) is 58.2 Å². The van der Waals surface area contributed by atoms with Gasteiger partial charge in [0.15, 0.2) is 11.2 Å². The van der Waals surface area contributed by atoms with E-state index < -0.39 is 11.2 Å². The summed E-state index contributed by atoms with van der Waals surface area (Å²) in [4.78, 5) is 34.3. The van der Waals surface area contributed by atoms with Crippen LogP contribution >= 0.6 is 11.8 Å². The number of rotatable bonds is 6. The fourth-order valence-electron chi connectivity index (χ4n) is 4.28. The van der Waals surface area contributed by atoms with Crippen LogP contribution in [0, 0.1) is 5.92 Å². The van der Waals surface area contributed by atoms with E-state index in [1.54, 1.807) is 11.7 Å². The van der Waals surface area contributed by atoms with E-state index in [4.69, 9.17) is 4.98 Å². The van der Waals surface area contributed by atoms with Crippen LogP contribution in [0.15, 0.2) is 45.1 Å². The Morgan fingerprint density at radius 1 is 1.21 bits per heavy atom. The molecule has 0 amide bonds. The summed E-state index contributed by atoms with van der Waals surface area (Å²) in [6.07, 6.45) is 2.24. The van der Waals surface area contributed by atoms with Crippen molar-refractivity contribution in [3.05, 3.63) is 51.2 Å². The van der Waals surface area contributed by atoms with Crippen LogP contribution in [-0.2, 0) is 13.6 Å². The van der Waals surface area contributed by atoms with Gasteiger partial charge in [-0.25, -0.2) is 4.79 Å². The van der Waals surface area contributed by atoms with Gasteiger partial charge in [0.1, 0.15) is 0 Å². The fourth-order valence-corrected chi connectivity index (χ4v) is 5.09. The predicted molar refractivity (Wildman–Crippen MR) is 126 cm³/mol. The van der Waals surface area contributed by atoms with Gasteiger partial charge in [0, 0.05) is 32.4 Å². The highest BCUT2D eigenvalue weighted by atomic mass is 32.2. The van der Waals surface area contributed by atoms with E-state index in [9.17, 15) is 9.59 Å². The van der Waals surface area contributed by atoms with Crippen LogP contribution in [0.1, 0.15) is 19.8 Å². The van der Waals surface area contributed by atoms with Crippen LogP contribution < -0.4 is 16.1 Å². The summed E-state index contributed by atoms with van der Waals surface area (Å²) < 4.78 is 5.02. The maximum Gasteiger partial charge on any atom is 0.329 e. The van der Waals surface area contributed by atoms with E-state index in [1.807, 2.05) is 34.9 Å². The summed E-state index contributed by atoms with van der Waals surface area (Å²) >= 11 is 1.50. The number of nitrogens with zero attached hydrogens (tertiary/aromatic N) is 8. The van der Waals surface area contributed by atoms with Gasteiger partial charge in [-0.3, -0.25) is 14.3 Å². The molecule has 4 heterocycles. The van der Waals surface area contributed by atoms with E-state index >= 15 is 0 Å². The summed E-state index contributed by atoms with van der Waals surface area (Å²) in [5.74, 6) is 1.89. The minimum atomic E-state index is -0.466. The minimum Gasteiger partial charge on any atom is -0.342 e. The van der Waals surface area contributed by atoms with Crippen molar-refractivity contribution < 1.29 is 0 Å². The van der Waals surface area contributed by atoms with Crippen molar-refractivity contribution in [2.24, 2.45) is 13.0 Å². The number of aryl methyl sites for hydroxylation is 2. The summed E-state index contributed by atoms with van der Waals surface area (Å²) in [7, 11) is 1.63. The number of anilines is 1. The van der Waals surface area contributed by atoms with E-state index in [-0.39, 0.29) is 0 Å². The van der Waals surface area contributed by atoms with Gasteiger partial charge in [-0.1, -0.05) is 36.9 Å². The van der Waals surface area contributed by atoms with E-state index in [2.05, 4.69) is 32.3 Å². The third-order valence-corrected chi connectivity index (χ3v) is 6.81. The Hall–Kier alpha value is -3.41. The van der Waals surface area contributed by atoms with Gasteiger partial charge in [0.05, 0.1) is 5.69 Å². The van der Waals surface area contributed by atoms with Crippen molar-refractivity contribution in [3.63, 3.8) is 0 Å². The normalized spacial score (nSPS) is 16.5. The Kier molecular flexibility index (Phi) is 5.75. The summed E-state index contributed by atoms with van der Waals surface area (Å²) in [5, 5.41) is 12.7. The average molecular weight is 468 g/mol. The molecule has 1 saturated heterocycles. The Labute approximate surface area is 193 Å². The second-order valence-corrected chi connectivity index (χ2v) is 9.37. The molecule has 1 N–H and O–H groups in total. The van der Waals surface area contributed by atoms with Gasteiger partial charge in [-0.15, -0.1) is 5.10 Å².